The average molecular weight is 340 g/mol. The van der Waals surface area contributed by atoms with Gasteiger partial charge in [-0.05, 0) is 59.9 Å². The Morgan fingerprint density at radius 1 is 1.15 bits per heavy atom. The Morgan fingerprint density at radius 3 is 2.60 bits per heavy atom. The van der Waals surface area contributed by atoms with E-state index < -0.39 is 0 Å². The third-order valence-corrected chi connectivity index (χ3v) is 4.83. The predicted molar refractivity (Wildman–Crippen MR) is 83.5 cm³/mol. The lowest BCUT2D eigenvalue weighted by atomic mass is 9.90. The van der Waals surface area contributed by atoms with Crippen LogP contribution in [0.1, 0.15) is 39.2 Å². The Labute approximate surface area is 129 Å². The molecule has 0 aromatic heterocycles. The van der Waals surface area contributed by atoms with Crippen LogP contribution in [0.2, 0.25) is 0 Å². The fraction of sp³-hybridized carbons (Fsp3) is 0.625. The summed E-state index contributed by atoms with van der Waals surface area (Å²) in [5, 5.41) is 3.60. The summed E-state index contributed by atoms with van der Waals surface area (Å²) >= 11 is 3.64. The molecule has 1 fully saturated rings. The number of nitrogens with one attached hydrogen (secondary N) is 1. The molecule has 1 saturated heterocycles. The summed E-state index contributed by atoms with van der Waals surface area (Å²) in [7, 11) is 0. The molecule has 2 heterocycles. The van der Waals surface area contributed by atoms with Crippen molar-refractivity contribution in [2.45, 2.75) is 39.2 Å². The second kappa shape index (κ2) is 4.92. The van der Waals surface area contributed by atoms with Crippen molar-refractivity contribution in [1.82, 2.24) is 5.32 Å². The van der Waals surface area contributed by atoms with Crippen LogP contribution in [-0.4, -0.2) is 19.8 Å². The van der Waals surface area contributed by atoms with E-state index in [1.165, 1.54) is 12.0 Å². The number of halogens is 1. The van der Waals surface area contributed by atoms with Gasteiger partial charge in [-0.2, -0.15) is 0 Å². The maximum atomic E-state index is 6.01. The van der Waals surface area contributed by atoms with Crippen molar-refractivity contribution in [2.75, 3.05) is 19.8 Å². The fourth-order valence-electron chi connectivity index (χ4n) is 2.86. The van der Waals surface area contributed by atoms with Gasteiger partial charge in [-0.15, -0.1) is 0 Å². The monoisotopic (exact) mass is 339 g/mol. The van der Waals surface area contributed by atoms with E-state index in [-0.39, 0.29) is 11.0 Å². The first kappa shape index (κ1) is 14.2. The van der Waals surface area contributed by atoms with Gasteiger partial charge >= 0.3 is 0 Å². The van der Waals surface area contributed by atoms with Crippen LogP contribution in [-0.2, 0) is 5.54 Å². The average Bonchev–Trinajstić information content (AvgIpc) is 2.76. The summed E-state index contributed by atoms with van der Waals surface area (Å²) in [4.78, 5) is 0. The van der Waals surface area contributed by atoms with Crippen molar-refractivity contribution in [1.29, 1.82) is 0 Å². The van der Waals surface area contributed by atoms with Crippen LogP contribution in [0, 0.1) is 5.41 Å². The lowest BCUT2D eigenvalue weighted by molar-refractivity contribution is 0.140. The van der Waals surface area contributed by atoms with E-state index in [1.807, 2.05) is 0 Å². The fourth-order valence-corrected chi connectivity index (χ4v) is 3.41. The van der Waals surface area contributed by atoms with Gasteiger partial charge in [0.15, 0.2) is 11.5 Å². The summed E-state index contributed by atoms with van der Waals surface area (Å²) in [6.45, 7) is 9.01. The normalized spacial score (nSPS) is 28.2. The van der Waals surface area contributed by atoms with Gasteiger partial charge in [0, 0.05) is 11.0 Å². The molecular weight excluding hydrogens is 318 g/mol. The van der Waals surface area contributed by atoms with Crippen molar-refractivity contribution in [3.8, 4) is 11.5 Å². The minimum Gasteiger partial charge on any atom is -0.489 e. The largest absolute Gasteiger partial charge is 0.489 e. The van der Waals surface area contributed by atoms with Gasteiger partial charge in [0.2, 0.25) is 0 Å². The van der Waals surface area contributed by atoms with E-state index in [2.05, 4.69) is 54.2 Å². The molecule has 0 saturated carbocycles. The molecule has 2 aliphatic heterocycles. The van der Waals surface area contributed by atoms with Gasteiger partial charge in [0.25, 0.3) is 0 Å². The van der Waals surface area contributed by atoms with Crippen LogP contribution in [0.3, 0.4) is 0 Å². The molecule has 1 N–H and O–H groups in total. The molecule has 2 aliphatic rings. The molecule has 0 spiro atoms. The third kappa shape index (κ3) is 2.56. The van der Waals surface area contributed by atoms with E-state index in [1.54, 1.807) is 0 Å². The maximum Gasteiger partial charge on any atom is 0.175 e. The van der Waals surface area contributed by atoms with Crippen molar-refractivity contribution in [3.63, 3.8) is 0 Å². The standard InChI is InChI=1S/C16H22BrNO2/c1-15(2)9-19-13-8-11(16(3)5-4-6-18-16)7-12(17)14(13)20-10-15/h7-8,18H,4-6,9-10H2,1-3H3. The summed E-state index contributed by atoms with van der Waals surface area (Å²) in [6.07, 6.45) is 2.38. The lowest BCUT2D eigenvalue weighted by Gasteiger charge is -2.26. The maximum absolute atomic E-state index is 6.01. The highest BCUT2D eigenvalue weighted by molar-refractivity contribution is 9.10. The Kier molecular flexibility index (Phi) is 3.49. The van der Waals surface area contributed by atoms with Crippen molar-refractivity contribution in [3.05, 3.63) is 22.2 Å². The first-order valence-corrected chi connectivity index (χ1v) is 8.04. The highest BCUT2D eigenvalue weighted by Gasteiger charge is 2.33. The molecule has 110 valence electrons. The zero-order valence-corrected chi connectivity index (χ0v) is 14.0. The summed E-state index contributed by atoms with van der Waals surface area (Å²) < 4.78 is 12.9. The zero-order chi connectivity index (χ0) is 14.4. The van der Waals surface area contributed by atoms with E-state index >= 15 is 0 Å². The van der Waals surface area contributed by atoms with Crippen LogP contribution in [0.25, 0.3) is 0 Å². The van der Waals surface area contributed by atoms with E-state index in [0.29, 0.717) is 13.2 Å². The van der Waals surface area contributed by atoms with E-state index in [0.717, 1.165) is 28.9 Å². The molecule has 1 atom stereocenters. The number of hydrogen-bond acceptors (Lipinski definition) is 3. The molecule has 0 radical (unpaired) electrons. The van der Waals surface area contributed by atoms with Crippen LogP contribution >= 0.6 is 15.9 Å². The molecule has 1 aromatic carbocycles. The second-order valence-electron chi connectivity index (χ2n) is 6.89. The topological polar surface area (TPSA) is 30.5 Å². The van der Waals surface area contributed by atoms with Gasteiger partial charge in [0.05, 0.1) is 17.7 Å². The van der Waals surface area contributed by atoms with Crippen LogP contribution in [0.5, 0.6) is 11.5 Å². The van der Waals surface area contributed by atoms with Crippen molar-refractivity contribution < 1.29 is 9.47 Å². The molecular formula is C16H22BrNO2. The molecule has 3 nitrogen and oxygen atoms in total. The van der Waals surface area contributed by atoms with Gasteiger partial charge in [-0.1, -0.05) is 13.8 Å². The van der Waals surface area contributed by atoms with Gasteiger partial charge < -0.3 is 14.8 Å². The molecule has 20 heavy (non-hydrogen) atoms. The first-order chi connectivity index (χ1) is 9.40. The smallest absolute Gasteiger partial charge is 0.175 e. The summed E-state index contributed by atoms with van der Waals surface area (Å²) in [5.41, 5.74) is 1.35. The van der Waals surface area contributed by atoms with Crippen LogP contribution in [0.4, 0.5) is 0 Å². The van der Waals surface area contributed by atoms with Crippen LogP contribution in [0.15, 0.2) is 16.6 Å². The van der Waals surface area contributed by atoms with Gasteiger partial charge in [-0.3, -0.25) is 0 Å². The Balaban J connectivity index is 1.98. The highest BCUT2D eigenvalue weighted by atomic mass is 79.9. The zero-order valence-electron chi connectivity index (χ0n) is 12.4. The Hall–Kier alpha value is -0.740. The molecule has 3 rings (SSSR count). The Bertz CT molecular complexity index is 521. The molecule has 0 amide bonds. The number of benzene rings is 1. The number of hydrogen-bond donors (Lipinski definition) is 1. The number of rotatable bonds is 1. The van der Waals surface area contributed by atoms with Crippen LogP contribution < -0.4 is 14.8 Å². The quantitative estimate of drug-likeness (QED) is 0.842. The molecule has 0 bridgehead atoms. The highest BCUT2D eigenvalue weighted by Crippen LogP contribution is 2.43. The van der Waals surface area contributed by atoms with E-state index in [4.69, 9.17) is 9.47 Å². The predicted octanol–water partition coefficient (Wildman–Crippen LogP) is 3.85. The minimum atomic E-state index is 0.0358. The van der Waals surface area contributed by atoms with Gasteiger partial charge in [-0.25, -0.2) is 0 Å². The minimum absolute atomic E-state index is 0.0358. The summed E-state index contributed by atoms with van der Waals surface area (Å²) in [5.74, 6) is 1.69. The third-order valence-electron chi connectivity index (χ3n) is 4.24. The number of ether oxygens (including phenoxy) is 2. The second-order valence-corrected chi connectivity index (χ2v) is 7.74. The lowest BCUT2D eigenvalue weighted by Crippen LogP contribution is -2.33. The molecule has 4 heteroatoms. The number of fused-ring (bicyclic) bond motifs is 1. The van der Waals surface area contributed by atoms with Crippen molar-refractivity contribution in [2.24, 2.45) is 5.41 Å². The summed E-state index contributed by atoms with van der Waals surface area (Å²) in [6, 6.07) is 4.30. The first-order valence-electron chi connectivity index (χ1n) is 7.24. The van der Waals surface area contributed by atoms with Gasteiger partial charge in [0.1, 0.15) is 0 Å². The molecule has 1 unspecified atom stereocenters. The Morgan fingerprint density at radius 2 is 1.90 bits per heavy atom. The SMILES string of the molecule is CC1(C)COc2cc(C3(C)CCCN3)cc(Br)c2OC1. The van der Waals surface area contributed by atoms with Crippen molar-refractivity contribution >= 4 is 15.9 Å². The van der Waals surface area contributed by atoms with E-state index in [9.17, 15) is 0 Å². The molecule has 1 aromatic rings. The molecule has 0 aliphatic carbocycles.